The van der Waals surface area contributed by atoms with E-state index in [0.29, 0.717) is 19.4 Å². The average molecular weight is 359 g/mol. The molecule has 1 unspecified atom stereocenters. The second-order valence-electron chi connectivity index (χ2n) is 5.61. The summed E-state index contributed by atoms with van der Waals surface area (Å²) in [6.07, 6.45) is 2.51. The molecule has 0 aromatic carbocycles. The molecule has 0 bridgehead atoms. The fourth-order valence-electron chi connectivity index (χ4n) is 1.95. The highest BCUT2D eigenvalue weighted by Gasteiger charge is 2.15. The number of carbonyl (C=O) groups excluding carboxylic acids is 2. The lowest BCUT2D eigenvalue weighted by molar-refractivity contribution is -0.137. The molecule has 25 heavy (non-hydrogen) atoms. The summed E-state index contributed by atoms with van der Waals surface area (Å²) in [7, 11) is 0. The molecule has 0 heterocycles. The van der Waals surface area contributed by atoms with Crippen molar-refractivity contribution in [2.45, 2.75) is 51.0 Å². The van der Waals surface area contributed by atoms with E-state index in [2.05, 4.69) is 16.0 Å². The minimum atomic E-state index is -1.36. The number of hydrogen-bond donors (Lipinski definition) is 7. The van der Waals surface area contributed by atoms with E-state index in [4.69, 9.17) is 16.2 Å². The lowest BCUT2D eigenvalue weighted by atomic mass is 10.1. The van der Waals surface area contributed by atoms with E-state index in [1.54, 1.807) is 0 Å². The van der Waals surface area contributed by atoms with Crippen molar-refractivity contribution in [3.05, 3.63) is 0 Å². The van der Waals surface area contributed by atoms with Gasteiger partial charge in [0.15, 0.2) is 5.96 Å². The Morgan fingerprint density at radius 1 is 0.920 bits per heavy atom. The third-order valence-electron chi connectivity index (χ3n) is 3.31. The molecule has 0 spiro atoms. The molecule has 10 heteroatoms. The van der Waals surface area contributed by atoms with Crippen molar-refractivity contribution in [2.75, 3.05) is 19.6 Å². The number of aliphatic hydroxyl groups is 1. The maximum atomic E-state index is 11.6. The highest BCUT2D eigenvalue weighted by atomic mass is 16.4. The molecule has 0 saturated carbocycles. The number of carboxylic acids is 1. The number of carbonyl (C=O) groups is 3. The van der Waals surface area contributed by atoms with Crippen LogP contribution in [0.15, 0.2) is 0 Å². The molecule has 8 N–H and O–H groups in total. The SMILES string of the molecule is N=C(N)NCCCCCCC(=O)NCC(O)C(=O)NCCCC(=O)O. The van der Waals surface area contributed by atoms with Crippen LogP contribution in [0.1, 0.15) is 44.9 Å². The molecule has 2 amide bonds. The number of aliphatic carboxylic acids is 1. The molecular formula is C15H29N5O5. The second kappa shape index (κ2) is 14.0. The molecule has 10 nitrogen and oxygen atoms in total. The summed E-state index contributed by atoms with van der Waals surface area (Å²) >= 11 is 0. The Morgan fingerprint density at radius 2 is 1.56 bits per heavy atom. The molecule has 0 radical (unpaired) electrons. The number of carboxylic acid groups (broad SMARTS) is 1. The van der Waals surface area contributed by atoms with Gasteiger partial charge in [-0.1, -0.05) is 12.8 Å². The summed E-state index contributed by atoms with van der Waals surface area (Å²) in [6, 6.07) is 0. The molecule has 0 aromatic rings. The van der Waals surface area contributed by atoms with E-state index in [-0.39, 0.29) is 37.8 Å². The van der Waals surface area contributed by atoms with Gasteiger partial charge in [0.25, 0.3) is 5.91 Å². The topological polar surface area (TPSA) is 178 Å². The summed E-state index contributed by atoms with van der Waals surface area (Å²) in [4.78, 5) is 33.4. The fourth-order valence-corrected chi connectivity index (χ4v) is 1.95. The van der Waals surface area contributed by atoms with Crippen LogP contribution in [0.5, 0.6) is 0 Å². The first kappa shape index (κ1) is 22.6. The van der Waals surface area contributed by atoms with Gasteiger partial charge in [0.05, 0.1) is 6.54 Å². The number of nitrogens with one attached hydrogen (secondary N) is 4. The van der Waals surface area contributed by atoms with Crippen LogP contribution in [0.25, 0.3) is 0 Å². The van der Waals surface area contributed by atoms with E-state index in [9.17, 15) is 19.5 Å². The fraction of sp³-hybridized carbons (Fsp3) is 0.733. The van der Waals surface area contributed by atoms with Crippen molar-refractivity contribution in [1.82, 2.24) is 16.0 Å². The number of guanidine groups is 1. The van der Waals surface area contributed by atoms with Gasteiger partial charge in [-0.2, -0.15) is 0 Å². The first-order chi connectivity index (χ1) is 11.8. The van der Waals surface area contributed by atoms with Crippen molar-refractivity contribution in [3.8, 4) is 0 Å². The number of amides is 2. The van der Waals surface area contributed by atoms with Crippen molar-refractivity contribution < 1.29 is 24.6 Å². The molecule has 0 aromatic heterocycles. The Balaban J connectivity index is 3.61. The van der Waals surface area contributed by atoms with Crippen molar-refractivity contribution >= 4 is 23.7 Å². The monoisotopic (exact) mass is 359 g/mol. The standard InChI is InChI=1S/C15H29N5O5/c16-15(17)19-8-4-2-1-3-6-12(22)20-10-11(21)14(25)18-9-5-7-13(23)24/h11,21H,1-10H2,(H,18,25)(H,20,22)(H,23,24)(H4,16,17,19). The highest BCUT2D eigenvalue weighted by molar-refractivity contribution is 5.82. The van der Waals surface area contributed by atoms with Gasteiger partial charge < -0.3 is 31.9 Å². The summed E-state index contributed by atoms with van der Waals surface area (Å²) in [5.41, 5.74) is 5.14. The Kier molecular flexibility index (Phi) is 12.7. The van der Waals surface area contributed by atoms with E-state index >= 15 is 0 Å². The van der Waals surface area contributed by atoms with Crippen LogP contribution in [0.2, 0.25) is 0 Å². The second-order valence-corrected chi connectivity index (χ2v) is 5.61. The van der Waals surface area contributed by atoms with Crippen LogP contribution in [0.4, 0.5) is 0 Å². The number of unbranched alkanes of at least 4 members (excludes halogenated alkanes) is 3. The predicted octanol–water partition coefficient (Wildman–Crippen LogP) is -1.12. The quantitative estimate of drug-likeness (QED) is 0.117. The maximum Gasteiger partial charge on any atom is 0.303 e. The minimum Gasteiger partial charge on any atom is -0.481 e. The Labute approximate surface area is 147 Å². The number of rotatable bonds is 14. The van der Waals surface area contributed by atoms with Gasteiger partial charge >= 0.3 is 5.97 Å². The maximum absolute atomic E-state index is 11.6. The number of hydrogen-bond acceptors (Lipinski definition) is 5. The zero-order valence-electron chi connectivity index (χ0n) is 14.3. The first-order valence-electron chi connectivity index (χ1n) is 8.35. The molecule has 0 rings (SSSR count). The van der Waals surface area contributed by atoms with Gasteiger partial charge in [0.2, 0.25) is 5.91 Å². The molecule has 0 aliphatic rings. The summed E-state index contributed by atoms with van der Waals surface area (Å²) < 4.78 is 0. The predicted molar refractivity (Wildman–Crippen MR) is 91.9 cm³/mol. The first-order valence-corrected chi connectivity index (χ1v) is 8.35. The lowest BCUT2D eigenvalue weighted by Gasteiger charge is -2.12. The number of nitrogens with two attached hydrogens (primary N) is 1. The Bertz CT molecular complexity index is 444. The Hall–Kier alpha value is -2.36. The van der Waals surface area contributed by atoms with E-state index in [0.717, 1.165) is 19.3 Å². The van der Waals surface area contributed by atoms with Crippen LogP contribution in [0, 0.1) is 5.41 Å². The van der Waals surface area contributed by atoms with Crippen LogP contribution < -0.4 is 21.7 Å². The van der Waals surface area contributed by atoms with Gasteiger partial charge in [-0.25, -0.2) is 0 Å². The molecule has 0 saturated heterocycles. The number of aliphatic hydroxyl groups excluding tert-OH is 1. The molecule has 144 valence electrons. The molecule has 1 atom stereocenters. The van der Waals surface area contributed by atoms with E-state index in [1.165, 1.54) is 0 Å². The van der Waals surface area contributed by atoms with Gasteiger partial charge in [-0.3, -0.25) is 19.8 Å². The smallest absolute Gasteiger partial charge is 0.303 e. The van der Waals surface area contributed by atoms with Crippen molar-refractivity contribution in [2.24, 2.45) is 5.73 Å². The minimum absolute atomic E-state index is 0.0520. The normalized spacial score (nSPS) is 11.4. The third kappa shape index (κ3) is 14.9. The average Bonchev–Trinajstić information content (AvgIpc) is 2.54. The summed E-state index contributed by atoms with van der Waals surface area (Å²) in [5, 5.41) is 32.6. The molecule has 0 aliphatic heterocycles. The zero-order valence-corrected chi connectivity index (χ0v) is 14.3. The van der Waals surface area contributed by atoms with E-state index in [1.807, 2.05) is 0 Å². The molecule has 0 aliphatic carbocycles. The Morgan fingerprint density at radius 3 is 2.20 bits per heavy atom. The largest absolute Gasteiger partial charge is 0.481 e. The molecule has 0 fully saturated rings. The van der Waals surface area contributed by atoms with Gasteiger partial charge in [0.1, 0.15) is 6.10 Å². The summed E-state index contributed by atoms with van der Waals surface area (Å²) in [5.74, 6) is -1.87. The van der Waals surface area contributed by atoms with Crippen LogP contribution in [-0.4, -0.2) is 59.7 Å². The van der Waals surface area contributed by atoms with Gasteiger partial charge in [-0.15, -0.1) is 0 Å². The van der Waals surface area contributed by atoms with Gasteiger partial charge in [0, 0.05) is 25.9 Å². The van der Waals surface area contributed by atoms with Crippen molar-refractivity contribution in [1.29, 1.82) is 5.41 Å². The van der Waals surface area contributed by atoms with E-state index < -0.39 is 18.0 Å². The lowest BCUT2D eigenvalue weighted by Crippen LogP contribution is -2.43. The zero-order chi connectivity index (χ0) is 19.1. The third-order valence-corrected chi connectivity index (χ3v) is 3.31. The van der Waals surface area contributed by atoms with Crippen LogP contribution >= 0.6 is 0 Å². The summed E-state index contributed by atoms with van der Waals surface area (Å²) in [6.45, 7) is 0.621. The highest BCUT2D eigenvalue weighted by Crippen LogP contribution is 2.02. The van der Waals surface area contributed by atoms with Crippen LogP contribution in [0.3, 0.4) is 0 Å². The van der Waals surface area contributed by atoms with Crippen molar-refractivity contribution in [3.63, 3.8) is 0 Å². The van der Waals surface area contributed by atoms with Crippen LogP contribution in [-0.2, 0) is 14.4 Å². The van der Waals surface area contributed by atoms with Gasteiger partial charge in [-0.05, 0) is 19.3 Å². The molecular weight excluding hydrogens is 330 g/mol.